The van der Waals surface area contributed by atoms with Gasteiger partial charge in [-0.1, -0.05) is 36.9 Å². The number of epoxide rings is 1. The molecule has 2 aromatic carbocycles. The molecule has 12 heteroatoms. The first-order valence-electron chi connectivity index (χ1n) is 14.9. The molecule has 0 bridgehead atoms. The average Bonchev–Trinajstić information content (AvgIpc) is 3.53. The van der Waals surface area contributed by atoms with Crippen molar-refractivity contribution >= 4 is 17.6 Å². The standard InChI is InChI=1S/C33H34N4O7S/c1-20-26-14-11-24(4-3-15-33(2)28(44-33)27(26)43-29(20)38)19-42-30(39)35-17-22-5-7-23(8-6-22)18-36-31(40)37(45-32(36)41)25-12-9-21(16-34)10-13-25/h4-10,12-13,26-29,38H,1,3,11,14-15,17-19H2,2H3,(H,35,39)/b24-4+/t26-,27-,28-,29?,33+/m0/s1. The van der Waals surface area contributed by atoms with E-state index in [4.69, 9.17) is 19.5 Å². The van der Waals surface area contributed by atoms with Gasteiger partial charge >= 0.3 is 16.7 Å². The van der Waals surface area contributed by atoms with Crippen LogP contribution in [-0.4, -0.2) is 50.4 Å². The fourth-order valence-corrected chi connectivity index (χ4v) is 6.82. The Balaban J connectivity index is 1.01. The van der Waals surface area contributed by atoms with Crippen LogP contribution < -0.4 is 15.9 Å². The molecule has 2 fully saturated rings. The molecule has 45 heavy (non-hydrogen) atoms. The monoisotopic (exact) mass is 630 g/mol. The zero-order valence-corrected chi connectivity index (χ0v) is 25.6. The van der Waals surface area contributed by atoms with Gasteiger partial charge in [0.2, 0.25) is 0 Å². The first kappa shape index (κ1) is 30.7. The lowest BCUT2D eigenvalue weighted by Crippen LogP contribution is -2.29. The number of nitrogens with zero attached hydrogens (tertiary/aromatic N) is 3. The van der Waals surface area contributed by atoms with Gasteiger partial charge in [0.25, 0.3) is 0 Å². The molecule has 3 aliphatic rings. The van der Waals surface area contributed by atoms with Crippen LogP contribution >= 0.6 is 11.5 Å². The second-order valence-corrected chi connectivity index (χ2v) is 12.7. The Hall–Kier alpha value is -4.28. The SMILES string of the molecule is C=C1C(O)O[C@H]2[C@H]1CC/C(COC(=O)NCc1ccc(Cn3c(=O)sn(-c4ccc(C#N)cc4)c3=O)cc1)=C\CC[C@@]1(C)O[C@@H]21. The zero-order valence-electron chi connectivity index (χ0n) is 24.8. The first-order chi connectivity index (χ1) is 21.6. The Morgan fingerprint density at radius 3 is 2.67 bits per heavy atom. The number of fused-ring (bicyclic) bond motifs is 3. The van der Waals surface area contributed by atoms with Gasteiger partial charge in [-0.15, -0.1) is 0 Å². The number of aromatic nitrogens is 2. The number of allylic oxidation sites excluding steroid dienone is 1. The number of carbonyl (C=O) groups excluding carboxylic acids is 1. The van der Waals surface area contributed by atoms with Crippen molar-refractivity contribution < 1.29 is 24.1 Å². The lowest BCUT2D eigenvalue weighted by molar-refractivity contribution is -0.0873. The maximum absolute atomic E-state index is 12.9. The van der Waals surface area contributed by atoms with Gasteiger partial charge in [0.15, 0.2) is 6.29 Å². The molecule has 2 aliphatic heterocycles. The smallest absolute Gasteiger partial charge is 0.407 e. The number of alkyl carbamates (subject to hydrolysis) is 1. The van der Waals surface area contributed by atoms with Crippen LogP contribution in [0.1, 0.15) is 49.3 Å². The third kappa shape index (κ3) is 6.57. The van der Waals surface area contributed by atoms with E-state index in [9.17, 15) is 19.5 Å². The van der Waals surface area contributed by atoms with Crippen molar-refractivity contribution in [3.8, 4) is 11.8 Å². The van der Waals surface area contributed by atoms with Crippen LogP contribution in [0.25, 0.3) is 5.69 Å². The number of amides is 1. The van der Waals surface area contributed by atoms with Gasteiger partial charge < -0.3 is 24.6 Å². The summed E-state index contributed by atoms with van der Waals surface area (Å²) in [6.07, 6.45) is 3.36. The molecule has 1 aromatic heterocycles. The molecule has 6 rings (SSSR count). The molecule has 0 spiro atoms. The highest BCUT2D eigenvalue weighted by molar-refractivity contribution is 7.03. The number of rotatable bonds is 7. The van der Waals surface area contributed by atoms with Crippen molar-refractivity contribution in [2.24, 2.45) is 5.92 Å². The molecule has 2 N–H and O–H groups in total. The molecule has 0 radical (unpaired) electrons. The highest BCUT2D eigenvalue weighted by Gasteiger charge is 2.60. The van der Waals surface area contributed by atoms with E-state index in [0.717, 1.165) is 52.1 Å². The third-order valence-electron chi connectivity index (χ3n) is 8.78. The first-order valence-corrected chi connectivity index (χ1v) is 15.6. The van der Waals surface area contributed by atoms with Crippen molar-refractivity contribution in [1.29, 1.82) is 5.26 Å². The van der Waals surface area contributed by atoms with Crippen LogP contribution in [0, 0.1) is 17.2 Å². The van der Waals surface area contributed by atoms with Gasteiger partial charge in [0.05, 0.1) is 35.6 Å². The Kier molecular flexibility index (Phi) is 8.61. The average molecular weight is 631 g/mol. The minimum Gasteiger partial charge on any atom is -0.445 e. The molecule has 1 unspecified atom stereocenters. The number of hydrogen-bond acceptors (Lipinski definition) is 9. The van der Waals surface area contributed by atoms with Crippen LogP contribution in [-0.2, 0) is 27.3 Å². The van der Waals surface area contributed by atoms with Crippen LogP contribution in [0.4, 0.5) is 4.79 Å². The van der Waals surface area contributed by atoms with E-state index in [0.29, 0.717) is 23.2 Å². The maximum atomic E-state index is 12.9. The van der Waals surface area contributed by atoms with Gasteiger partial charge in [-0.25, -0.2) is 18.1 Å². The quantitative estimate of drug-likeness (QED) is 0.296. The summed E-state index contributed by atoms with van der Waals surface area (Å²) in [6, 6.07) is 15.7. The summed E-state index contributed by atoms with van der Waals surface area (Å²) in [4.78, 5) is 37.6. The topological polar surface area (TPSA) is 148 Å². The molecule has 0 saturated carbocycles. The number of nitriles is 1. The number of carbonyl (C=O) groups is 1. The second kappa shape index (κ2) is 12.6. The Labute approximate surface area is 263 Å². The highest BCUT2D eigenvalue weighted by Crippen LogP contribution is 2.50. The number of nitrogens with one attached hydrogen (secondary N) is 1. The van der Waals surface area contributed by atoms with E-state index in [1.807, 2.05) is 30.3 Å². The van der Waals surface area contributed by atoms with E-state index in [-0.39, 0.29) is 48.3 Å². The van der Waals surface area contributed by atoms with Crippen molar-refractivity contribution in [2.75, 3.05) is 6.61 Å². The van der Waals surface area contributed by atoms with Crippen LogP contribution in [0.3, 0.4) is 0 Å². The van der Waals surface area contributed by atoms with Gasteiger partial charge in [0.1, 0.15) is 12.7 Å². The molecule has 2 saturated heterocycles. The molecular formula is C33H34N4O7S. The Morgan fingerprint density at radius 2 is 1.93 bits per heavy atom. The summed E-state index contributed by atoms with van der Waals surface area (Å²) in [5.41, 5.74) is 3.52. The fourth-order valence-electron chi connectivity index (χ4n) is 6.02. The number of aliphatic hydroxyl groups is 1. The second-order valence-electron chi connectivity index (χ2n) is 11.9. The van der Waals surface area contributed by atoms with E-state index in [2.05, 4.69) is 24.9 Å². The third-order valence-corrected chi connectivity index (χ3v) is 9.71. The minimum atomic E-state index is -0.979. The molecule has 3 aromatic rings. The Morgan fingerprint density at radius 1 is 1.20 bits per heavy atom. The minimum absolute atomic E-state index is 0.0212. The van der Waals surface area contributed by atoms with Crippen molar-refractivity contribution in [2.45, 2.75) is 69.8 Å². The van der Waals surface area contributed by atoms with E-state index < -0.39 is 18.1 Å². The van der Waals surface area contributed by atoms with E-state index in [1.165, 1.54) is 3.96 Å². The highest BCUT2D eigenvalue weighted by atomic mass is 32.1. The largest absolute Gasteiger partial charge is 0.445 e. The van der Waals surface area contributed by atoms with Gasteiger partial charge in [-0.2, -0.15) is 5.26 Å². The van der Waals surface area contributed by atoms with Crippen LogP contribution in [0.15, 0.2) is 81.9 Å². The lowest BCUT2D eigenvalue weighted by atomic mass is 9.84. The van der Waals surface area contributed by atoms with Crippen LogP contribution in [0.5, 0.6) is 0 Å². The summed E-state index contributed by atoms with van der Waals surface area (Å²) in [5.74, 6) is -0.0212. The lowest BCUT2D eigenvalue weighted by Gasteiger charge is -2.20. The normalized spacial score (nSPS) is 27.0. The van der Waals surface area contributed by atoms with E-state index in [1.54, 1.807) is 24.3 Å². The Bertz CT molecular complexity index is 1780. The van der Waals surface area contributed by atoms with Gasteiger partial charge in [-0.05, 0) is 79.1 Å². The summed E-state index contributed by atoms with van der Waals surface area (Å²) in [6.45, 7) is 6.62. The molecule has 11 nitrogen and oxygen atoms in total. The molecule has 3 heterocycles. The molecule has 1 amide bonds. The number of aliphatic hydroxyl groups excluding tert-OH is 1. The van der Waals surface area contributed by atoms with Crippen LogP contribution in [0.2, 0.25) is 0 Å². The molecule has 5 atom stereocenters. The number of hydrogen-bond donors (Lipinski definition) is 2. The number of ether oxygens (including phenoxy) is 3. The zero-order chi connectivity index (χ0) is 31.7. The van der Waals surface area contributed by atoms with E-state index >= 15 is 0 Å². The van der Waals surface area contributed by atoms with Crippen molar-refractivity contribution in [3.05, 3.63) is 109 Å². The molecule has 234 valence electrons. The predicted octanol–water partition coefficient (Wildman–Crippen LogP) is 3.75. The molecular weight excluding hydrogens is 596 g/mol. The van der Waals surface area contributed by atoms with Gasteiger partial charge in [-0.3, -0.25) is 4.79 Å². The summed E-state index contributed by atoms with van der Waals surface area (Å²) in [7, 11) is 0. The number of benzene rings is 2. The van der Waals surface area contributed by atoms with Gasteiger partial charge in [0, 0.05) is 24.0 Å². The summed E-state index contributed by atoms with van der Waals surface area (Å²) >= 11 is 0.804. The summed E-state index contributed by atoms with van der Waals surface area (Å²) in [5, 5.41) is 22.0. The molecule has 1 aliphatic carbocycles. The predicted molar refractivity (Wildman–Crippen MR) is 166 cm³/mol. The van der Waals surface area contributed by atoms with Crippen molar-refractivity contribution in [3.63, 3.8) is 0 Å². The summed E-state index contributed by atoms with van der Waals surface area (Å²) < 4.78 is 19.8. The fraction of sp³-hybridized carbons (Fsp3) is 0.394. The maximum Gasteiger partial charge on any atom is 0.407 e. The van der Waals surface area contributed by atoms with Crippen molar-refractivity contribution in [1.82, 2.24) is 13.8 Å².